The van der Waals surface area contributed by atoms with Crippen LogP contribution in [0.4, 0.5) is 0 Å². The molecule has 0 N–H and O–H groups in total. The second-order valence-electron chi connectivity index (χ2n) is 2.62. The van der Waals surface area contributed by atoms with E-state index in [1.165, 1.54) is 0 Å². The van der Waals surface area contributed by atoms with E-state index in [2.05, 4.69) is 37.2 Å². The first-order chi connectivity index (χ1) is 6.31. The van der Waals surface area contributed by atoms with Crippen molar-refractivity contribution >= 4 is 11.6 Å². The normalized spacial score (nSPS) is 7.85. The average Bonchev–Trinajstić information content (AvgIpc) is 2.13. The molecule has 0 radical (unpaired) electrons. The van der Waals surface area contributed by atoms with Crippen molar-refractivity contribution in [3.63, 3.8) is 0 Å². The second kappa shape index (κ2) is 9.24. The molecule has 0 rings (SSSR count). The number of hydrogen-bond donors (Lipinski definition) is 0. The highest BCUT2D eigenvalue weighted by atomic mass is 35.5. The Balaban J connectivity index is 3.72. The van der Waals surface area contributed by atoms with E-state index >= 15 is 0 Å². The molecule has 13 heavy (non-hydrogen) atoms. The summed E-state index contributed by atoms with van der Waals surface area (Å²) in [4.78, 5) is 0. The summed E-state index contributed by atoms with van der Waals surface area (Å²) < 4.78 is 0. The highest BCUT2D eigenvalue weighted by molar-refractivity contribution is 6.17. The maximum absolute atomic E-state index is 5.50. The highest BCUT2D eigenvalue weighted by Crippen LogP contribution is 1.91. The van der Waals surface area contributed by atoms with Crippen molar-refractivity contribution in [1.82, 2.24) is 0 Å². The largest absolute Gasteiger partial charge is 0.127 e. The third-order valence-corrected chi connectivity index (χ3v) is 1.56. The van der Waals surface area contributed by atoms with Gasteiger partial charge in [0.25, 0.3) is 0 Å². The van der Waals surface area contributed by atoms with Crippen LogP contribution in [0.15, 0.2) is 12.2 Å². The van der Waals surface area contributed by atoms with E-state index in [1.54, 1.807) is 0 Å². The monoisotopic (exact) mass is 194 g/mol. The molecule has 70 valence electrons. The SMILES string of the molecule is C=C(C#CCCC)C#CCCCCl. The van der Waals surface area contributed by atoms with Crippen molar-refractivity contribution in [3.05, 3.63) is 12.2 Å². The molecule has 0 spiro atoms. The van der Waals surface area contributed by atoms with Crippen LogP contribution < -0.4 is 0 Å². The maximum Gasteiger partial charge on any atom is 0.0672 e. The molecule has 0 aromatic carbocycles. The van der Waals surface area contributed by atoms with E-state index < -0.39 is 0 Å². The summed E-state index contributed by atoms with van der Waals surface area (Å²) in [5, 5.41) is 0. The fraction of sp³-hybridized carbons (Fsp3) is 0.500. The fourth-order valence-electron chi connectivity index (χ4n) is 0.650. The molecular formula is C12H15Cl. The van der Waals surface area contributed by atoms with Gasteiger partial charge >= 0.3 is 0 Å². The van der Waals surface area contributed by atoms with Gasteiger partial charge in [0.2, 0.25) is 0 Å². The Morgan fingerprint density at radius 1 is 1.23 bits per heavy atom. The minimum Gasteiger partial charge on any atom is -0.127 e. The molecule has 0 aromatic rings. The molecular weight excluding hydrogens is 180 g/mol. The molecule has 0 aliphatic heterocycles. The highest BCUT2D eigenvalue weighted by Gasteiger charge is 1.79. The predicted molar refractivity (Wildman–Crippen MR) is 59.6 cm³/mol. The van der Waals surface area contributed by atoms with Gasteiger partial charge in [-0.2, -0.15) is 0 Å². The summed E-state index contributed by atoms with van der Waals surface area (Å²) in [7, 11) is 0. The quantitative estimate of drug-likeness (QED) is 0.367. The molecule has 0 aliphatic rings. The Morgan fingerprint density at radius 2 is 1.85 bits per heavy atom. The van der Waals surface area contributed by atoms with Crippen molar-refractivity contribution in [2.75, 3.05) is 5.88 Å². The lowest BCUT2D eigenvalue weighted by atomic mass is 10.2. The van der Waals surface area contributed by atoms with Crippen molar-refractivity contribution < 1.29 is 0 Å². The third kappa shape index (κ3) is 9.06. The summed E-state index contributed by atoms with van der Waals surface area (Å²) >= 11 is 5.50. The Morgan fingerprint density at radius 3 is 2.38 bits per heavy atom. The minimum atomic E-state index is 0.669. The lowest BCUT2D eigenvalue weighted by molar-refractivity contribution is 0.983. The number of alkyl halides is 1. The van der Waals surface area contributed by atoms with Gasteiger partial charge in [0.05, 0.1) is 5.57 Å². The summed E-state index contributed by atoms with van der Waals surface area (Å²) in [6.45, 7) is 5.84. The molecule has 0 aliphatic carbocycles. The zero-order valence-corrected chi connectivity index (χ0v) is 8.88. The van der Waals surface area contributed by atoms with Crippen LogP contribution in [0.25, 0.3) is 0 Å². The van der Waals surface area contributed by atoms with Crippen molar-refractivity contribution in [1.29, 1.82) is 0 Å². The molecule has 0 fully saturated rings. The predicted octanol–water partition coefficient (Wildman–Crippen LogP) is 3.37. The summed E-state index contributed by atoms with van der Waals surface area (Å²) in [6, 6.07) is 0. The average molecular weight is 195 g/mol. The lowest BCUT2D eigenvalue weighted by Gasteiger charge is -1.83. The summed E-state index contributed by atoms with van der Waals surface area (Å²) in [5.41, 5.74) is 0.711. The van der Waals surface area contributed by atoms with Crippen LogP contribution in [0.1, 0.15) is 32.6 Å². The first-order valence-corrected chi connectivity index (χ1v) is 5.07. The van der Waals surface area contributed by atoms with E-state index in [4.69, 9.17) is 11.6 Å². The molecule has 0 aromatic heterocycles. The van der Waals surface area contributed by atoms with E-state index in [0.29, 0.717) is 11.5 Å². The van der Waals surface area contributed by atoms with Crippen molar-refractivity contribution in [3.8, 4) is 23.7 Å². The molecule has 0 bridgehead atoms. The third-order valence-electron chi connectivity index (χ3n) is 1.29. The van der Waals surface area contributed by atoms with Crippen molar-refractivity contribution in [2.24, 2.45) is 0 Å². The van der Waals surface area contributed by atoms with Gasteiger partial charge in [0.15, 0.2) is 0 Å². The number of rotatable bonds is 3. The van der Waals surface area contributed by atoms with Crippen molar-refractivity contribution in [2.45, 2.75) is 32.6 Å². The Labute approximate surface area is 86.4 Å². The number of allylic oxidation sites excluding steroid dienone is 1. The van der Waals surface area contributed by atoms with E-state index in [1.807, 2.05) is 0 Å². The lowest BCUT2D eigenvalue weighted by Crippen LogP contribution is -1.73. The van der Waals surface area contributed by atoms with Gasteiger partial charge in [-0.05, 0) is 12.8 Å². The van der Waals surface area contributed by atoms with E-state index in [-0.39, 0.29) is 0 Å². The minimum absolute atomic E-state index is 0.669. The van der Waals surface area contributed by atoms with Crippen LogP contribution in [-0.2, 0) is 0 Å². The molecule has 0 saturated heterocycles. The van der Waals surface area contributed by atoms with Gasteiger partial charge in [0.1, 0.15) is 0 Å². The summed E-state index contributed by atoms with van der Waals surface area (Å²) in [6.07, 6.45) is 3.77. The standard InChI is InChI=1S/C12H15Cl/c1-3-4-6-9-12(2)10-7-5-8-11-13/h2-5,8,11H2,1H3. The number of halogens is 1. The molecule has 0 amide bonds. The van der Waals surface area contributed by atoms with Gasteiger partial charge in [-0.1, -0.05) is 37.2 Å². The van der Waals surface area contributed by atoms with Crippen LogP contribution >= 0.6 is 11.6 Å². The topological polar surface area (TPSA) is 0 Å². The Bertz CT molecular complexity index is 254. The molecule has 0 atom stereocenters. The molecule has 0 nitrogen and oxygen atoms in total. The van der Waals surface area contributed by atoms with Crippen LogP contribution in [0.5, 0.6) is 0 Å². The van der Waals surface area contributed by atoms with Crippen LogP contribution in [0, 0.1) is 23.7 Å². The van der Waals surface area contributed by atoms with Gasteiger partial charge in [0, 0.05) is 18.7 Å². The fourth-order valence-corrected chi connectivity index (χ4v) is 0.783. The zero-order chi connectivity index (χ0) is 9.94. The van der Waals surface area contributed by atoms with Gasteiger partial charge in [-0.25, -0.2) is 0 Å². The van der Waals surface area contributed by atoms with Crippen LogP contribution in [0.3, 0.4) is 0 Å². The molecule has 1 heteroatoms. The van der Waals surface area contributed by atoms with Gasteiger partial charge < -0.3 is 0 Å². The van der Waals surface area contributed by atoms with Crippen LogP contribution in [-0.4, -0.2) is 5.88 Å². The summed E-state index contributed by atoms with van der Waals surface area (Å²) in [5.74, 6) is 12.5. The molecule has 0 saturated carbocycles. The first kappa shape index (κ1) is 12.2. The zero-order valence-electron chi connectivity index (χ0n) is 8.12. The molecule has 0 unspecified atom stereocenters. The van der Waals surface area contributed by atoms with Gasteiger partial charge in [-0.15, -0.1) is 11.6 Å². The number of unbranched alkanes of at least 4 members (excludes halogenated alkanes) is 2. The van der Waals surface area contributed by atoms with Crippen LogP contribution in [0.2, 0.25) is 0 Å². The first-order valence-electron chi connectivity index (χ1n) is 4.54. The second-order valence-corrected chi connectivity index (χ2v) is 3.00. The Kier molecular flexibility index (Phi) is 8.64. The van der Waals surface area contributed by atoms with E-state index in [0.717, 1.165) is 25.7 Å². The number of hydrogen-bond acceptors (Lipinski definition) is 0. The van der Waals surface area contributed by atoms with E-state index in [9.17, 15) is 0 Å². The smallest absolute Gasteiger partial charge is 0.0672 e. The maximum atomic E-state index is 5.50. The van der Waals surface area contributed by atoms with Gasteiger partial charge in [-0.3, -0.25) is 0 Å². The Hall–Kier alpha value is -0.850. The molecule has 0 heterocycles.